The van der Waals surface area contributed by atoms with Crippen LogP contribution in [0, 0.1) is 5.82 Å². The minimum absolute atomic E-state index is 0.160. The molecule has 1 aromatic heterocycles. The first-order valence-electron chi connectivity index (χ1n) is 8.33. The minimum Gasteiger partial charge on any atom is -0.353 e. The van der Waals surface area contributed by atoms with E-state index in [1.54, 1.807) is 12.1 Å². The molecule has 2 aliphatic rings. The number of aromatic nitrogens is 2. The molecule has 0 N–H and O–H groups in total. The number of anilines is 1. The van der Waals surface area contributed by atoms with Crippen LogP contribution in [-0.4, -0.2) is 41.3 Å². The Morgan fingerprint density at radius 2 is 1.83 bits per heavy atom. The van der Waals surface area contributed by atoms with Gasteiger partial charge in [0, 0.05) is 38.6 Å². The summed E-state index contributed by atoms with van der Waals surface area (Å²) in [5, 5.41) is 8.76. The first kappa shape index (κ1) is 14.6. The second kappa shape index (κ2) is 6.24. The van der Waals surface area contributed by atoms with Gasteiger partial charge in [0.25, 0.3) is 0 Å². The molecule has 2 fully saturated rings. The molecule has 1 aliphatic carbocycles. The Balaban J connectivity index is 1.33. The average molecular weight is 312 g/mol. The topological polar surface area (TPSA) is 32.3 Å². The van der Waals surface area contributed by atoms with E-state index in [9.17, 15) is 4.39 Å². The molecule has 0 atom stereocenters. The van der Waals surface area contributed by atoms with Gasteiger partial charge in [-0.2, -0.15) is 5.10 Å². The van der Waals surface area contributed by atoms with Crippen molar-refractivity contribution in [3.05, 3.63) is 53.5 Å². The smallest absolute Gasteiger partial charge is 0.151 e. The third kappa shape index (κ3) is 3.50. The van der Waals surface area contributed by atoms with Gasteiger partial charge in [-0.15, -0.1) is 5.10 Å². The van der Waals surface area contributed by atoms with Crippen molar-refractivity contribution in [2.75, 3.05) is 31.1 Å². The van der Waals surface area contributed by atoms with Crippen molar-refractivity contribution >= 4 is 5.82 Å². The second-order valence-corrected chi connectivity index (χ2v) is 6.48. The molecule has 1 aliphatic heterocycles. The zero-order chi connectivity index (χ0) is 15.6. The highest BCUT2D eigenvalue weighted by molar-refractivity contribution is 5.38. The van der Waals surface area contributed by atoms with E-state index in [1.165, 1.54) is 18.9 Å². The monoisotopic (exact) mass is 312 g/mol. The zero-order valence-corrected chi connectivity index (χ0v) is 13.2. The summed E-state index contributed by atoms with van der Waals surface area (Å²) in [6, 6.07) is 11.1. The summed E-state index contributed by atoms with van der Waals surface area (Å²) in [5.41, 5.74) is 2.17. The number of piperazine rings is 1. The van der Waals surface area contributed by atoms with E-state index >= 15 is 0 Å². The predicted octanol–water partition coefficient (Wildman–Crippen LogP) is 2.82. The highest BCUT2D eigenvalue weighted by atomic mass is 19.1. The summed E-state index contributed by atoms with van der Waals surface area (Å²) >= 11 is 0. The standard InChI is InChI=1S/C18H21FN4/c19-16-3-1-2-14(12-16)13-22-8-10-23(11-9-22)18-7-6-17(20-21-18)15-4-5-15/h1-3,6-7,12,15H,4-5,8-11,13H2. The third-order valence-corrected chi connectivity index (χ3v) is 4.66. The second-order valence-electron chi connectivity index (χ2n) is 6.48. The highest BCUT2D eigenvalue weighted by Gasteiger charge is 2.26. The maximum absolute atomic E-state index is 13.3. The molecular weight excluding hydrogens is 291 g/mol. The average Bonchev–Trinajstić information content (AvgIpc) is 3.41. The molecular formula is C18H21FN4. The van der Waals surface area contributed by atoms with Crippen LogP contribution >= 0.6 is 0 Å². The number of nitrogens with zero attached hydrogens (tertiary/aromatic N) is 4. The summed E-state index contributed by atoms with van der Waals surface area (Å²) in [6.07, 6.45) is 2.51. The summed E-state index contributed by atoms with van der Waals surface area (Å²) in [7, 11) is 0. The fourth-order valence-corrected chi connectivity index (χ4v) is 3.13. The van der Waals surface area contributed by atoms with E-state index in [-0.39, 0.29) is 5.82 Å². The summed E-state index contributed by atoms with van der Waals surface area (Å²) in [4.78, 5) is 4.64. The van der Waals surface area contributed by atoms with Gasteiger partial charge in [-0.1, -0.05) is 12.1 Å². The Labute approximate surface area is 135 Å². The van der Waals surface area contributed by atoms with E-state index in [0.29, 0.717) is 5.92 Å². The molecule has 2 heterocycles. The van der Waals surface area contributed by atoms with Crippen LogP contribution in [-0.2, 0) is 6.54 Å². The van der Waals surface area contributed by atoms with Crippen LogP contribution in [0.4, 0.5) is 10.2 Å². The van der Waals surface area contributed by atoms with Crippen LogP contribution in [0.15, 0.2) is 36.4 Å². The predicted molar refractivity (Wildman–Crippen MR) is 87.9 cm³/mol. The van der Waals surface area contributed by atoms with Gasteiger partial charge >= 0.3 is 0 Å². The number of benzene rings is 1. The number of halogens is 1. The SMILES string of the molecule is Fc1cccc(CN2CCN(c3ccc(C4CC4)nn3)CC2)c1. The van der Waals surface area contributed by atoms with Crippen molar-refractivity contribution in [1.29, 1.82) is 0 Å². The van der Waals surface area contributed by atoms with Gasteiger partial charge in [0.2, 0.25) is 0 Å². The molecule has 0 unspecified atom stereocenters. The maximum atomic E-state index is 13.3. The third-order valence-electron chi connectivity index (χ3n) is 4.66. The molecule has 23 heavy (non-hydrogen) atoms. The van der Waals surface area contributed by atoms with E-state index in [1.807, 2.05) is 6.07 Å². The summed E-state index contributed by atoms with van der Waals surface area (Å²) in [6.45, 7) is 4.60. The number of hydrogen-bond donors (Lipinski definition) is 0. The largest absolute Gasteiger partial charge is 0.353 e. The van der Waals surface area contributed by atoms with Crippen LogP contribution in [0.2, 0.25) is 0 Å². The fraction of sp³-hybridized carbons (Fsp3) is 0.444. The van der Waals surface area contributed by atoms with Gasteiger partial charge < -0.3 is 4.90 Å². The minimum atomic E-state index is -0.160. The molecule has 2 aromatic rings. The lowest BCUT2D eigenvalue weighted by atomic mass is 10.2. The number of hydrogen-bond acceptors (Lipinski definition) is 4. The van der Waals surface area contributed by atoms with Crippen molar-refractivity contribution < 1.29 is 4.39 Å². The first-order chi connectivity index (χ1) is 11.3. The number of rotatable bonds is 4. The van der Waals surface area contributed by atoms with Crippen LogP contribution in [0.3, 0.4) is 0 Å². The zero-order valence-electron chi connectivity index (χ0n) is 13.2. The maximum Gasteiger partial charge on any atom is 0.151 e. The van der Waals surface area contributed by atoms with Crippen molar-refractivity contribution in [2.45, 2.75) is 25.3 Å². The molecule has 4 rings (SSSR count). The van der Waals surface area contributed by atoms with E-state index in [2.05, 4.69) is 32.1 Å². The van der Waals surface area contributed by atoms with Crippen LogP contribution < -0.4 is 4.90 Å². The molecule has 1 saturated carbocycles. The van der Waals surface area contributed by atoms with Crippen molar-refractivity contribution in [3.8, 4) is 0 Å². The summed E-state index contributed by atoms with van der Waals surface area (Å²) < 4.78 is 13.3. The Bertz CT molecular complexity index is 661. The molecule has 1 aromatic carbocycles. The quantitative estimate of drug-likeness (QED) is 0.869. The lowest BCUT2D eigenvalue weighted by Crippen LogP contribution is -2.46. The Kier molecular flexibility index (Phi) is 3.95. The van der Waals surface area contributed by atoms with Crippen molar-refractivity contribution in [3.63, 3.8) is 0 Å². The Hall–Kier alpha value is -2.01. The summed E-state index contributed by atoms with van der Waals surface area (Å²) in [5.74, 6) is 1.46. The molecule has 0 bridgehead atoms. The lowest BCUT2D eigenvalue weighted by Gasteiger charge is -2.35. The Morgan fingerprint density at radius 1 is 1.00 bits per heavy atom. The van der Waals surface area contributed by atoms with Crippen LogP contribution in [0.1, 0.15) is 30.0 Å². The van der Waals surface area contributed by atoms with E-state index in [4.69, 9.17) is 0 Å². The van der Waals surface area contributed by atoms with E-state index in [0.717, 1.165) is 49.8 Å². The molecule has 1 saturated heterocycles. The van der Waals surface area contributed by atoms with Gasteiger partial charge in [0.1, 0.15) is 5.82 Å². The molecule has 120 valence electrons. The molecule has 4 nitrogen and oxygen atoms in total. The van der Waals surface area contributed by atoms with Crippen LogP contribution in [0.5, 0.6) is 0 Å². The molecule has 5 heteroatoms. The van der Waals surface area contributed by atoms with Crippen molar-refractivity contribution in [1.82, 2.24) is 15.1 Å². The fourth-order valence-electron chi connectivity index (χ4n) is 3.13. The molecule has 0 radical (unpaired) electrons. The normalized spacial score (nSPS) is 19.1. The highest BCUT2D eigenvalue weighted by Crippen LogP contribution is 2.38. The van der Waals surface area contributed by atoms with Crippen LogP contribution in [0.25, 0.3) is 0 Å². The van der Waals surface area contributed by atoms with Crippen molar-refractivity contribution in [2.24, 2.45) is 0 Å². The lowest BCUT2D eigenvalue weighted by molar-refractivity contribution is 0.249. The molecule has 0 amide bonds. The van der Waals surface area contributed by atoms with Gasteiger partial charge in [0.05, 0.1) is 5.69 Å². The van der Waals surface area contributed by atoms with Gasteiger partial charge in [0.15, 0.2) is 5.82 Å². The van der Waals surface area contributed by atoms with E-state index < -0.39 is 0 Å². The molecule has 0 spiro atoms. The van der Waals surface area contributed by atoms with Gasteiger partial charge in [-0.05, 0) is 42.7 Å². The van der Waals surface area contributed by atoms with Gasteiger partial charge in [-0.3, -0.25) is 4.90 Å². The Morgan fingerprint density at radius 3 is 2.48 bits per heavy atom. The van der Waals surface area contributed by atoms with Gasteiger partial charge in [-0.25, -0.2) is 4.39 Å². The first-order valence-corrected chi connectivity index (χ1v) is 8.33.